The van der Waals surface area contributed by atoms with Gasteiger partial charge in [0.15, 0.2) is 5.78 Å². The van der Waals surface area contributed by atoms with Gasteiger partial charge in [-0.25, -0.2) is 0 Å². The molecule has 2 rings (SSSR count). The van der Waals surface area contributed by atoms with Gasteiger partial charge in [-0.15, -0.1) is 0 Å². The van der Waals surface area contributed by atoms with Crippen molar-refractivity contribution in [1.29, 1.82) is 0 Å². The molecule has 0 aromatic rings. The Morgan fingerprint density at radius 2 is 1.84 bits per heavy atom. The van der Waals surface area contributed by atoms with Crippen LogP contribution in [0.25, 0.3) is 0 Å². The summed E-state index contributed by atoms with van der Waals surface area (Å²) in [6, 6.07) is 0. The summed E-state index contributed by atoms with van der Waals surface area (Å²) < 4.78 is 5.78. The molecule has 0 radical (unpaired) electrons. The number of hydrogen-bond acceptors (Lipinski definition) is 3. The fourth-order valence-electron chi connectivity index (χ4n) is 6.28. The fourth-order valence-corrected chi connectivity index (χ4v) is 6.28. The van der Waals surface area contributed by atoms with Gasteiger partial charge >= 0.3 is 0 Å². The first-order valence-corrected chi connectivity index (χ1v) is 13.5. The molecular weight excluding hydrogens is 396 g/mol. The molecule has 0 aromatic heterocycles. The zero-order chi connectivity index (χ0) is 24.1. The smallest absolute Gasteiger partial charge is 0.155 e. The van der Waals surface area contributed by atoms with Crippen molar-refractivity contribution in [3.05, 3.63) is 11.6 Å². The van der Waals surface area contributed by atoms with E-state index in [0.717, 1.165) is 29.7 Å². The van der Waals surface area contributed by atoms with Crippen LogP contribution in [0, 0.1) is 29.1 Å². The van der Waals surface area contributed by atoms with Crippen LogP contribution in [0.4, 0.5) is 0 Å². The van der Waals surface area contributed by atoms with Gasteiger partial charge in [0.1, 0.15) is 0 Å². The minimum absolute atomic E-state index is 0.124. The molecule has 7 atom stereocenters. The largest absolute Gasteiger partial charge is 0.389 e. The monoisotopic (exact) mass is 448 g/mol. The summed E-state index contributed by atoms with van der Waals surface area (Å²) in [6.45, 7) is 18.0. The minimum atomic E-state index is -0.483. The van der Waals surface area contributed by atoms with E-state index in [1.807, 2.05) is 13.8 Å². The molecule has 1 N–H and O–H groups in total. The van der Waals surface area contributed by atoms with Crippen LogP contribution in [0.3, 0.4) is 0 Å². The van der Waals surface area contributed by atoms with Gasteiger partial charge in [-0.3, -0.25) is 4.79 Å². The molecule has 2 aliphatic rings. The first-order valence-electron chi connectivity index (χ1n) is 13.5. The van der Waals surface area contributed by atoms with E-state index in [2.05, 4.69) is 41.5 Å². The summed E-state index contributed by atoms with van der Waals surface area (Å²) >= 11 is 0. The predicted octanol–water partition coefficient (Wildman–Crippen LogP) is 7.51. The van der Waals surface area contributed by atoms with Crippen LogP contribution in [0.5, 0.6) is 0 Å². The highest BCUT2D eigenvalue weighted by atomic mass is 16.6. The van der Waals surface area contributed by atoms with Crippen LogP contribution < -0.4 is 0 Å². The fraction of sp³-hybridized carbons (Fsp3) is 0.897. The Bertz CT molecular complexity index is 636. The number of carbonyl (C=O) groups excluding carboxylic acids is 1. The van der Waals surface area contributed by atoms with Crippen LogP contribution in [0.1, 0.15) is 120 Å². The van der Waals surface area contributed by atoms with Crippen molar-refractivity contribution >= 4 is 5.78 Å². The quantitative estimate of drug-likeness (QED) is 0.234. The Morgan fingerprint density at radius 1 is 1.19 bits per heavy atom. The Kier molecular flexibility index (Phi) is 10.0. The predicted molar refractivity (Wildman–Crippen MR) is 135 cm³/mol. The highest BCUT2D eigenvalue weighted by Crippen LogP contribution is 2.53. The standard InChI is InChI=1S/C29H52O3/c1-9-24-19-23(20(3)14-15-25(30)18-21(4)26(31)10-2)16-17-29(24,8)22(5)12-11-13-27-28(6,7)32-27/h18,20,22-24,26-27,31H,9-17,19H2,1-8H3/b21-18+/t20-,22+,23-,24-,26?,27?,29+/m0/s1. The van der Waals surface area contributed by atoms with Gasteiger partial charge in [-0.2, -0.15) is 0 Å². The van der Waals surface area contributed by atoms with Gasteiger partial charge in [0.05, 0.1) is 17.8 Å². The lowest BCUT2D eigenvalue weighted by Crippen LogP contribution is -2.40. The van der Waals surface area contributed by atoms with E-state index in [-0.39, 0.29) is 11.4 Å². The molecule has 1 heterocycles. The maximum atomic E-state index is 12.4. The van der Waals surface area contributed by atoms with Crippen LogP contribution >= 0.6 is 0 Å². The third-order valence-corrected chi connectivity index (χ3v) is 9.41. The number of aliphatic hydroxyl groups excluding tert-OH is 1. The molecule has 0 bridgehead atoms. The molecule has 1 saturated heterocycles. The molecule has 1 aliphatic carbocycles. The number of carbonyl (C=O) groups is 1. The van der Waals surface area contributed by atoms with Gasteiger partial charge < -0.3 is 9.84 Å². The number of ketones is 1. The van der Waals surface area contributed by atoms with E-state index in [4.69, 9.17) is 4.74 Å². The molecular formula is C29H52O3. The number of rotatable bonds is 13. The van der Waals surface area contributed by atoms with Gasteiger partial charge in [0.25, 0.3) is 0 Å². The van der Waals surface area contributed by atoms with Crippen LogP contribution in [-0.2, 0) is 9.53 Å². The summed E-state index contributed by atoms with van der Waals surface area (Å²) in [5, 5.41) is 9.89. The highest BCUT2D eigenvalue weighted by Gasteiger charge is 2.47. The van der Waals surface area contributed by atoms with Gasteiger partial charge in [0.2, 0.25) is 0 Å². The topological polar surface area (TPSA) is 49.8 Å². The Morgan fingerprint density at radius 3 is 2.41 bits per heavy atom. The average molecular weight is 449 g/mol. The number of epoxide rings is 1. The number of aliphatic hydroxyl groups is 1. The molecule has 3 nitrogen and oxygen atoms in total. The molecule has 2 fully saturated rings. The molecule has 32 heavy (non-hydrogen) atoms. The summed E-state index contributed by atoms with van der Waals surface area (Å²) in [5.74, 6) is 3.04. The Labute approximate surface area is 198 Å². The Balaban J connectivity index is 1.82. The second-order valence-electron chi connectivity index (χ2n) is 12.0. The maximum Gasteiger partial charge on any atom is 0.155 e. The van der Waals surface area contributed by atoms with Crippen molar-refractivity contribution < 1.29 is 14.6 Å². The highest BCUT2D eigenvalue weighted by molar-refractivity contribution is 5.90. The molecule has 186 valence electrons. The van der Waals surface area contributed by atoms with Crippen molar-refractivity contribution in [2.45, 2.75) is 137 Å². The third kappa shape index (κ3) is 7.16. The van der Waals surface area contributed by atoms with Crippen LogP contribution in [0.2, 0.25) is 0 Å². The molecule has 0 spiro atoms. The van der Waals surface area contributed by atoms with Gasteiger partial charge in [0, 0.05) is 6.42 Å². The molecule has 3 heteroatoms. The van der Waals surface area contributed by atoms with E-state index in [1.165, 1.54) is 44.9 Å². The first kappa shape index (κ1) is 27.6. The van der Waals surface area contributed by atoms with E-state index in [0.29, 0.717) is 30.3 Å². The Hall–Kier alpha value is -0.670. The maximum absolute atomic E-state index is 12.4. The molecule has 0 amide bonds. The van der Waals surface area contributed by atoms with Crippen molar-refractivity contribution in [2.24, 2.45) is 29.1 Å². The van der Waals surface area contributed by atoms with Gasteiger partial charge in [-0.1, -0.05) is 53.9 Å². The number of ether oxygens (including phenoxy) is 1. The van der Waals surface area contributed by atoms with Crippen LogP contribution in [0.15, 0.2) is 11.6 Å². The summed E-state index contributed by atoms with van der Waals surface area (Å²) in [4.78, 5) is 12.4. The zero-order valence-corrected chi connectivity index (χ0v) is 22.4. The van der Waals surface area contributed by atoms with E-state index in [1.54, 1.807) is 6.08 Å². The van der Waals surface area contributed by atoms with Gasteiger partial charge in [-0.05, 0) is 100 Å². The lowest BCUT2D eigenvalue weighted by Gasteiger charge is -2.49. The van der Waals surface area contributed by atoms with Crippen molar-refractivity contribution in [1.82, 2.24) is 0 Å². The van der Waals surface area contributed by atoms with Crippen molar-refractivity contribution in [2.75, 3.05) is 0 Å². The summed E-state index contributed by atoms with van der Waals surface area (Å²) in [6.07, 6.45) is 12.9. The van der Waals surface area contributed by atoms with E-state index < -0.39 is 6.10 Å². The normalized spacial score (nSPS) is 32.9. The average Bonchev–Trinajstić information content (AvgIpc) is 3.37. The molecule has 1 saturated carbocycles. The lowest BCUT2D eigenvalue weighted by molar-refractivity contribution is -0.115. The lowest BCUT2D eigenvalue weighted by atomic mass is 9.56. The SMILES string of the molecule is CCC(O)/C(C)=C/C(=O)CC[C@H](C)[C@H]1CC[C@](C)([C@H](C)CCCC2OC2(C)C)[C@@H](CC)C1. The first-order chi connectivity index (χ1) is 14.9. The molecule has 1 aliphatic heterocycles. The minimum Gasteiger partial charge on any atom is -0.389 e. The van der Waals surface area contributed by atoms with E-state index in [9.17, 15) is 9.90 Å². The zero-order valence-electron chi connectivity index (χ0n) is 22.4. The molecule has 2 unspecified atom stereocenters. The number of allylic oxidation sites excluding steroid dienone is 1. The third-order valence-electron chi connectivity index (χ3n) is 9.41. The second-order valence-corrected chi connectivity index (χ2v) is 12.0. The van der Waals surface area contributed by atoms with Crippen molar-refractivity contribution in [3.8, 4) is 0 Å². The van der Waals surface area contributed by atoms with Crippen molar-refractivity contribution in [3.63, 3.8) is 0 Å². The van der Waals surface area contributed by atoms with E-state index >= 15 is 0 Å². The summed E-state index contributed by atoms with van der Waals surface area (Å²) in [5.41, 5.74) is 1.37. The summed E-state index contributed by atoms with van der Waals surface area (Å²) in [7, 11) is 0. The van der Waals surface area contributed by atoms with Crippen LogP contribution in [-0.4, -0.2) is 28.7 Å². The molecule has 0 aromatic carbocycles. The second kappa shape index (κ2) is 11.6. The number of hydrogen-bond donors (Lipinski definition) is 1.